The third-order valence-electron chi connectivity index (χ3n) is 8.52. The van der Waals surface area contributed by atoms with Gasteiger partial charge >= 0.3 is 0 Å². The number of hydrogen-bond acceptors (Lipinski definition) is 0. The van der Waals surface area contributed by atoms with Crippen LogP contribution in [0, 0.1) is 29.1 Å². The van der Waals surface area contributed by atoms with E-state index in [1.54, 1.807) is 11.1 Å². The monoisotopic (exact) mass is 432 g/mol. The summed E-state index contributed by atoms with van der Waals surface area (Å²) < 4.78 is 0. The van der Waals surface area contributed by atoms with E-state index in [-0.39, 0.29) is 0 Å². The molecule has 0 unspecified atom stereocenters. The van der Waals surface area contributed by atoms with E-state index in [2.05, 4.69) is 76.2 Å². The summed E-state index contributed by atoms with van der Waals surface area (Å²) >= 11 is 0. The third kappa shape index (κ3) is 4.20. The standard InChI is InChI=1S/C22H22.C6H14.2C2H6/c1-3-7-20-18(5-1)19-6-2-4-8-21(19)22(20)16-10-14-9-15(12-16)13-17(22)11-14;1-5-6(2,3)4;2*1-2/h1-8,14-17H,9-13H2;5H2,1-4H3;2*1-2H3. The first-order valence-corrected chi connectivity index (χ1v) is 13.6. The molecule has 0 nitrogen and oxygen atoms in total. The second-order valence-corrected chi connectivity index (χ2v) is 11.2. The summed E-state index contributed by atoms with van der Waals surface area (Å²) in [6.07, 6.45) is 8.73. The highest BCUT2D eigenvalue weighted by molar-refractivity contribution is 5.81. The van der Waals surface area contributed by atoms with Crippen molar-refractivity contribution in [1.82, 2.24) is 0 Å². The zero-order chi connectivity index (χ0) is 23.5. The van der Waals surface area contributed by atoms with Crippen molar-refractivity contribution in [2.45, 2.75) is 99.3 Å². The minimum atomic E-state index is 0.362. The Labute approximate surface area is 199 Å². The molecule has 1 spiro atoms. The highest BCUT2D eigenvalue weighted by atomic mass is 14.6. The van der Waals surface area contributed by atoms with E-state index in [0.29, 0.717) is 10.8 Å². The Kier molecular flexibility index (Phi) is 7.95. The molecule has 4 bridgehead atoms. The molecule has 7 rings (SSSR count). The average molecular weight is 433 g/mol. The smallest absolute Gasteiger partial charge is 0.0271 e. The van der Waals surface area contributed by atoms with Gasteiger partial charge in [-0.05, 0) is 83.4 Å². The van der Waals surface area contributed by atoms with Crippen molar-refractivity contribution < 1.29 is 0 Å². The van der Waals surface area contributed by atoms with Crippen LogP contribution < -0.4 is 0 Å². The minimum absolute atomic E-state index is 0.362. The lowest BCUT2D eigenvalue weighted by atomic mass is 9.43. The van der Waals surface area contributed by atoms with Crippen molar-refractivity contribution in [3.63, 3.8) is 0 Å². The summed E-state index contributed by atoms with van der Waals surface area (Å²) in [4.78, 5) is 0. The van der Waals surface area contributed by atoms with Crippen molar-refractivity contribution in [3.8, 4) is 11.1 Å². The van der Waals surface area contributed by atoms with Gasteiger partial charge in [-0.2, -0.15) is 0 Å². The largest absolute Gasteiger partial charge is 0.0683 e. The van der Waals surface area contributed by atoms with Gasteiger partial charge < -0.3 is 0 Å². The Bertz CT molecular complexity index is 790. The lowest BCUT2D eigenvalue weighted by Crippen LogP contribution is -2.55. The van der Waals surface area contributed by atoms with Gasteiger partial charge in [0.1, 0.15) is 0 Å². The Hall–Kier alpha value is -1.56. The minimum Gasteiger partial charge on any atom is -0.0683 e. The van der Waals surface area contributed by atoms with Gasteiger partial charge in [-0.25, -0.2) is 0 Å². The van der Waals surface area contributed by atoms with Crippen molar-refractivity contribution in [1.29, 1.82) is 0 Å². The van der Waals surface area contributed by atoms with E-state index >= 15 is 0 Å². The SMILES string of the molecule is CC.CC.CCC(C)(C)C.c1ccc2c(c1)-c1ccccc1C21C2CC3CC(C2)CC1C3. The first-order valence-electron chi connectivity index (χ1n) is 13.6. The molecule has 0 atom stereocenters. The topological polar surface area (TPSA) is 0 Å². The molecule has 5 aliphatic carbocycles. The van der Waals surface area contributed by atoms with E-state index in [9.17, 15) is 0 Å². The molecule has 0 saturated heterocycles. The molecule has 32 heavy (non-hydrogen) atoms. The fraction of sp³-hybridized carbons (Fsp3) is 0.625. The molecular weight excluding hydrogens is 384 g/mol. The van der Waals surface area contributed by atoms with Gasteiger partial charge in [-0.1, -0.05) is 110 Å². The van der Waals surface area contributed by atoms with Crippen LogP contribution in [0.2, 0.25) is 0 Å². The molecule has 0 amide bonds. The van der Waals surface area contributed by atoms with Gasteiger partial charge in [-0.15, -0.1) is 0 Å². The van der Waals surface area contributed by atoms with Gasteiger partial charge in [0.2, 0.25) is 0 Å². The summed E-state index contributed by atoms with van der Waals surface area (Å²) in [6.45, 7) is 16.9. The number of rotatable bonds is 0. The van der Waals surface area contributed by atoms with Crippen LogP contribution in [-0.2, 0) is 5.41 Å². The zero-order valence-corrected chi connectivity index (χ0v) is 22.2. The first-order chi connectivity index (χ1) is 15.4. The molecule has 0 N–H and O–H groups in total. The summed E-state index contributed by atoms with van der Waals surface area (Å²) in [5, 5.41) is 0. The van der Waals surface area contributed by atoms with E-state index in [1.165, 1.54) is 49.7 Å². The van der Waals surface area contributed by atoms with Crippen LogP contribution in [0.25, 0.3) is 11.1 Å². The summed E-state index contributed by atoms with van der Waals surface area (Å²) in [5.74, 6) is 3.86. The molecule has 2 aromatic rings. The number of hydrogen-bond donors (Lipinski definition) is 0. The molecule has 176 valence electrons. The normalized spacial score (nSPS) is 27.1. The molecular formula is C32H48. The van der Waals surface area contributed by atoms with Crippen molar-refractivity contribution in [2.24, 2.45) is 29.1 Å². The lowest BCUT2D eigenvalue weighted by Gasteiger charge is -2.61. The van der Waals surface area contributed by atoms with Gasteiger partial charge in [0.25, 0.3) is 0 Å². The van der Waals surface area contributed by atoms with Crippen molar-refractivity contribution >= 4 is 0 Å². The predicted octanol–water partition coefficient (Wildman–Crippen LogP) is 9.90. The molecule has 0 heteroatoms. The van der Waals surface area contributed by atoms with Crippen LogP contribution >= 0.6 is 0 Å². The number of fused-ring (bicyclic) bond motifs is 3. The van der Waals surface area contributed by atoms with E-state index in [4.69, 9.17) is 0 Å². The molecule has 2 aromatic carbocycles. The molecule has 0 aromatic heterocycles. The highest BCUT2D eigenvalue weighted by Gasteiger charge is 2.61. The van der Waals surface area contributed by atoms with Gasteiger partial charge in [-0.3, -0.25) is 0 Å². The van der Waals surface area contributed by atoms with Crippen LogP contribution in [-0.4, -0.2) is 0 Å². The lowest BCUT2D eigenvalue weighted by molar-refractivity contribution is -0.0399. The quantitative estimate of drug-likeness (QED) is 0.388. The predicted molar refractivity (Wildman–Crippen MR) is 142 cm³/mol. The van der Waals surface area contributed by atoms with Crippen LogP contribution in [0.1, 0.15) is 105 Å². The summed E-state index contributed by atoms with van der Waals surface area (Å²) in [7, 11) is 0. The first kappa shape index (κ1) is 25.1. The van der Waals surface area contributed by atoms with E-state index < -0.39 is 0 Å². The van der Waals surface area contributed by atoms with Gasteiger partial charge in [0.15, 0.2) is 0 Å². The van der Waals surface area contributed by atoms with Crippen LogP contribution in [0.3, 0.4) is 0 Å². The molecule has 5 aliphatic rings. The highest BCUT2D eigenvalue weighted by Crippen LogP contribution is 2.69. The van der Waals surface area contributed by atoms with E-state index in [0.717, 1.165) is 23.7 Å². The Morgan fingerprint density at radius 1 is 0.656 bits per heavy atom. The van der Waals surface area contributed by atoms with E-state index in [1.807, 2.05) is 27.7 Å². The van der Waals surface area contributed by atoms with Gasteiger partial charge in [0, 0.05) is 5.41 Å². The maximum atomic E-state index is 2.46. The second kappa shape index (κ2) is 10.1. The molecule has 4 saturated carbocycles. The molecule has 0 heterocycles. The van der Waals surface area contributed by atoms with Crippen LogP contribution in [0.15, 0.2) is 48.5 Å². The maximum Gasteiger partial charge on any atom is 0.0271 e. The zero-order valence-electron chi connectivity index (χ0n) is 22.2. The fourth-order valence-corrected chi connectivity index (χ4v) is 7.11. The Morgan fingerprint density at radius 3 is 1.34 bits per heavy atom. The van der Waals surface area contributed by atoms with Crippen molar-refractivity contribution in [3.05, 3.63) is 59.7 Å². The van der Waals surface area contributed by atoms with Gasteiger partial charge in [0.05, 0.1) is 0 Å². The van der Waals surface area contributed by atoms with Crippen LogP contribution in [0.5, 0.6) is 0 Å². The average Bonchev–Trinajstić information content (AvgIpc) is 3.11. The number of benzene rings is 2. The maximum absolute atomic E-state index is 2.46. The van der Waals surface area contributed by atoms with Crippen molar-refractivity contribution in [2.75, 3.05) is 0 Å². The Morgan fingerprint density at radius 2 is 1.00 bits per heavy atom. The summed E-state index contributed by atoms with van der Waals surface area (Å²) in [6, 6.07) is 18.7. The van der Waals surface area contributed by atoms with Crippen LogP contribution in [0.4, 0.5) is 0 Å². The molecule has 0 radical (unpaired) electrons. The Balaban J connectivity index is 0.000000252. The fourth-order valence-electron chi connectivity index (χ4n) is 7.11. The third-order valence-corrected chi connectivity index (χ3v) is 8.52. The second-order valence-electron chi connectivity index (χ2n) is 11.2. The molecule has 4 fully saturated rings. The molecule has 0 aliphatic heterocycles. The summed E-state index contributed by atoms with van der Waals surface area (Å²) in [5.41, 5.74) is 7.31.